The van der Waals surface area contributed by atoms with Crippen LogP contribution in [0.2, 0.25) is 0 Å². The lowest BCUT2D eigenvalue weighted by Crippen LogP contribution is -2.37. The molecule has 1 N–H and O–H groups in total. The zero-order valence-electron chi connectivity index (χ0n) is 9.82. The van der Waals surface area contributed by atoms with Gasteiger partial charge in [0.1, 0.15) is 0 Å². The first-order valence-electron chi connectivity index (χ1n) is 6.36. The Hall–Kier alpha value is -1.22. The van der Waals surface area contributed by atoms with Crippen molar-refractivity contribution < 1.29 is 4.39 Å². The summed E-state index contributed by atoms with van der Waals surface area (Å²) >= 11 is 0. The van der Waals surface area contributed by atoms with E-state index in [-0.39, 0.29) is 0 Å². The second kappa shape index (κ2) is 4.57. The molecule has 1 saturated heterocycles. The summed E-state index contributed by atoms with van der Waals surface area (Å²) in [5.41, 5.74) is 2.41. The number of fused-ring (bicyclic) bond motifs is 1. The zero-order valence-corrected chi connectivity index (χ0v) is 9.82. The van der Waals surface area contributed by atoms with Gasteiger partial charge in [0, 0.05) is 12.7 Å². The van der Waals surface area contributed by atoms with Gasteiger partial charge in [-0.15, -0.1) is 0 Å². The van der Waals surface area contributed by atoms with E-state index in [1.54, 1.807) is 6.20 Å². The molecule has 2 nitrogen and oxygen atoms in total. The average Bonchev–Trinajstić information content (AvgIpc) is 2.39. The van der Waals surface area contributed by atoms with Gasteiger partial charge in [0.15, 0.2) is 0 Å². The first kappa shape index (κ1) is 10.9. The molecule has 1 aromatic rings. The molecular weight excluding hydrogens is 215 g/mol. The number of allylic oxidation sites excluding steroid dienone is 1. The third-order valence-corrected chi connectivity index (χ3v) is 3.98. The van der Waals surface area contributed by atoms with Crippen molar-refractivity contribution in [3.8, 4) is 0 Å². The normalized spacial score (nSPS) is 28.4. The van der Waals surface area contributed by atoms with Crippen molar-refractivity contribution in [2.45, 2.75) is 19.3 Å². The second-order valence-electron chi connectivity index (χ2n) is 5.02. The molecule has 1 aromatic heterocycles. The van der Waals surface area contributed by atoms with Crippen LogP contribution in [0.15, 0.2) is 24.4 Å². The molecule has 3 heteroatoms. The molecule has 0 spiro atoms. The van der Waals surface area contributed by atoms with Gasteiger partial charge in [-0.25, -0.2) is 4.98 Å². The lowest BCUT2D eigenvalue weighted by molar-refractivity contribution is 0.279. The van der Waals surface area contributed by atoms with E-state index in [0.29, 0.717) is 5.92 Å². The fourth-order valence-electron chi connectivity index (χ4n) is 2.98. The molecule has 1 fully saturated rings. The maximum Gasteiger partial charge on any atom is 0.212 e. The van der Waals surface area contributed by atoms with Gasteiger partial charge in [0.2, 0.25) is 5.95 Å². The van der Waals surface area contributed by atoms with Crippen molar-refractivity contribution in [3.63, 3.8) is 0 Å². The molecule has 1 aliphatic carbocycles. The Balaban J connectivity index is 1.84. The van der Waals surface area contributed by atoms with Gasteiger partial charge >= 0.3 is 0 Å². The van der Waals surface area contributed by atoms with Crippen LogP contribution in [0, 0.1) is 17.8 Å². The Bertz CT molecular complexity index is 424. The Morgan fingerprint density at radius 1 is 1.29 bits per heavy atom. The zero-order chi connectivity index (χ0) is 11.7. The smallest absolute Gasteiger partial charge is 0.212 e. The van der Waals surface area contributed by atoms with Crippen molar-refractivity contribution in [2.24, 2.45) is 11.8 Å². The van der Waals surface area contributed by atoms with Gasteiger partial charge in [-0.05, 0) is 60.9 Å². The summed E-state index contributed by atoms with van der Waals surface area (Å²) in [4.78, 5) is 3.74. The number of piperidine rings is 1. The number of nitrogens with zero attached hydrogens (tertiary/aromatic N) is 1. The molecule has 0 unspecified atom stereocenters. The molecule has 0 amide bonds. The van der Waals surface area contributed by atoms with Crippen LogP contribution in [0.5, 0.6) is 0 Å². The molecular formula is C14H17FN2. The standard InChI is InChI=1S/C14H17FN2/c15-14-4-3-12(9-17-14)11-2-1-10-5-6-16-8-13(10)7-11/h3-4,7,9-10,13,16H,1-2,5-6,8H2/t10-,13+/m0/s1. The Kier molecular flexibility index (Phi) is 2.93. The molecule has 0 bridgehead atoms. The number of nitrogens with one attached hydrogen (secondary N) is 1. The molecule has 0 aromatic carbocycles. The predicted molar refractivity (Wildman–Crippen MR) is 65.9 cm³/mol. The molecule has 17 heavy (non-hydrogen) atoms. The van der Waals surface area contributed by atoms with Gasteiger partial charge in [0.25, 0.3) is 0 Å². The summed E-state index contributed by atoms with van der Waals surface area (Å²) in [6.45, 7) is 2.24. The van der Waals surface area contributed by atoms with E-state index < -0.39 is 5.95 Å². The first-order valence-corrected chi connectivity index (χ1v) is 6.36. The van der Waals surface area contributed by atoms with E-state index >= 15 is 0 Å². The highest BCUT2D eigenvalue weighted by Crippen LogP contribution is 2.36. The number of hydrogen-bond donors (Lipinski definition) is 1. The minimum absolute atomic E-state index is 0.401. The van der Waals surface area contributed by atoms with E-state index in [1.165, 1.54) is 24.5 Å². The van der Waals surface area contributed by atoms with Crippen LogP contribution in [0.1, 0.15) is 24.8 Å². The third-order valence-electron chi connectivity index (χ3n) is 3.98. The summed E-state index contributed by atoms with van der Waals surface area (Å²) in [5, 5.41) is 3.44. The lowest BCUT2D eigenvalue weighted by Gasteiger charge is -2.34. The number of hydrogen-bond acceptors (Lipinski definition) is 2. The Labute approximate surface area is 101 Å². The van der Waals surface area contributed by atoms with E-state index in [4.69, 9.17) is 0 Å². The lowest BCUT2D eigenvalue weighted by atomic mass is 9.76. The second-order valence-corrected chi connectivity index (χ2v) is 5.02. The van der Waals surface area contributed by atoms with Crippen molar-refractivity contribution in [1.29, 1.82) is 0 Å². The van der Waals surface area contributed by atoms with Crippen LogP contribution in [-0.2, 0) is 0 Å². The minimum atomic E-state index is -0.401. The van der Waals surface area contributed by atoms with Crippen LogP contribution in [0.3, 0.4) is 0 Å². The SMILES string of the molecule is Fc1ccc(C2=C[C@@H]3CNCC[C@@H]3CC2)cn1. The molecule has 2 aliphatic rings. The predicted octanol–water partition coefficient (Wildman–Crippen LogP) is 2.62. The van der Waals surface area contributed by atoms with Crippen molar-refractivity contribution in [1.82, 2.24) is 10.3 Å². The number of aromatic nitrogens is 1. The average molecular weight is 232 g/mol. The van der Waals surface area contributed by atoms with Gasteiger partial charge in [-0.3, -0.25) is 0 Å². The van der Waals surface area contributed by atoms with Gasteiger partial charge < -0.3 is 5.32 Å². The molecule has 3 rings (SSSR count). The fourth-order valence-corrected chi connectivity index (χ4v) is 2.98. The van der Waals surface area contributed by atoms with Crippen LogP contribution < -0.4 is 5.32 Å². The minimum Gasteiger partial charge on any atom is -0.316 e. The van der Waals surface area contributed by atoms with Crippen molar-refractivity contribution >= 4 is 5.57 Å². The monoisotopic (exact) mass is 232 g/mol. The maximum atomic E-state index is 12.8. The molecule has 1 aliphatic heterocycles. The van der Waals surface area contributed by atoms with Crippen molar-refractivity contribution in [3.05, 3.63) is 35.9 Å². The van der Waals surface area contributed by atoms with Crippen LogP contribution in [0.4, 0.5) is 4.39 Å². The Morgan fingerprint density at radius 2 is 2.24 bits per heavy atom. The number of pyridine rings is 1. The molecule has 2 heterocycles. The maximum absolute atomic E-state index is 12.8. The van der Waals surface area contributed by atoms with Gasteiger partial charge in [0.05, 0.1) is 0 Å². The van der Waals surface area contributed by atoms with Gasteiger partial charge in [-0.1, -0.05) is 6.08 Å². The molecule has 90 valence electrons. The largest absolute Gasteiger partial charge is 0.316 e. The number of halogens is 1. The van der Waals surface area contributed by atoms with E-state index in [2.05, 4.69) is 16.4 Å². The highest BCUT2D eigenvalue weighted by Gasteiger charge is 2.27. The third kappa shape index (κ3) is 2.25. The molecule has 0 saturated carbocycles. The fraction of sp³-hybridized carbons (Fsp3) is 0.500. The summed E-state index contributed by atoms with van der Waals surface area (Å²) in [5.74, 6) is 1.09. The summed E-state index contributed by atoms with van der Waals surface area (Å²) in [6, 6.07) is 3.28. The highest BCUT2D eigenvalue weighted by atomic mass is 19.1. The summed E-state index contributed by atoms with van der Waals surface area (Å²) in [6.07, 6.45) is 7.67. The number of rotatable bonds is 1. The summed E-state index contributed by atoms with van der Waals surface area (Å²) in [7, 11) is 0. The van der Waals surface area contributed by atoms with Crippen LogP contribution >= 0.6 is 0 Å². The van der Waals surface area contributed by atoms with Crippen LogP contribution in [0.25, 0.3) is 5.57 Å². The molecule has 2 atom stereocenters. The highest BCUT2D eigenvalue weighted by molar-refractivity contribution is 5.65. The van der Waals surface area contributed by atoms with Crippen molar-refractivity contribution in [2.75, 3.05) is 13.1 Å². The van der Waals surface area contributed by atoms with Crippen LogP contribution in [-0.4, -0.2) is 18.1 Å². The Morgan fingerprint density at radius 3 is 3.06 bits per heavy atom. The molecule has 0 radical (unpaired) electrons. The van der Waals surface area contributed by atoms with E-state index in [9.17, 15) is 4.39 Å². The quantitative estimate of drug-likeness (QED) is 0.753. The summed E-state index contributed by atoms with van der Waals surface area (Å²) < 4.78 is 12.8. The van der Waals surface area contributed by atoms with E-state index in [1.807, 2.05) is 6.07 Å². The first-order chi connectivity index (χ1) is 8.33. The van der Waals surface area contributed by atoms with Gasteiger partial charge in [-0.2, -0.15) is 4.39 Å². The van der Waals surface area contributed by atoms with E-state index in [0.717, 1.165) is 31.0 Å². The topological polar surface area (TPSA) is 24.9 Å².